The van der Waals surface area contributed by atoms with Crippen molar-refractivity contribution in [2.45, 2.75) is 18.9 Å². The fourth-order valence-corrected chi connectivity index (χ4v) is 5.89. The highest BCUT2D eigenvalue weighted by Crippen LogP contribution is 2.38. The molecule has 6 rings (SSSR count). The maximum atomic E-state index is 11.6. The lowest BCUT2D eigenvalue weighted by molar-refractivity contribution is 0.0898. The number of carbonyl (C=O) groups excluding carboxylic acids is 1. The number of aromatic nitrogens is 4. The number of nitrogens with one attached hydrogen (secondary N) is 1. The topological polar surface area (TPSA) is 110 Å². The Kier molecular flexibility index (Phi) is 8.28. The lowest BCUT2D eigenvalue weighted by Gasteiger charge is -2.37. The van der Waals surface area contributed by atoms with E-state index < -0.39 is 6.09 Å². The Balaban J connectivity index is 1.10. The third-order valence-electron chi connectivity index (χ3n) is 7.97. The number of anilines is 3. The minimum absolute atomic E-state index is 0.165. The molecule has 0 bridgehead atoms. The second-order valence-electron chi connectivity index (χ2n) is 10.5. The number of hydrogen-bond acceptors (Lipinski definition) is 10. The van der Waals surface area contributed by atoms with Crippen LogP contribution in [0.3, 0.4) is 0 Å². The number of rotatable bonds is 7. The van der Waals surface area contributed by atoms with Crippen LogP contribution in [-0.2, 0) is 4.74 Å². The Morgan fingerprint density at radius 2 is 1.67 bits per heavy atom. The molecule has 2 aliphatic heterocycles. The molecule has 2 saturated heterocycles. The predicted octanol–water partition coefficient (Wildman–Crippen LogP) is 4.11. The van der Waals surface area contributed by atoms with Gasteiger partial charge in [0, 0.05) is 75.5 Å². The standard InChI is InChI=1S/C30H35ClN8O4/c1-32-30(40)43-22-5-4-7-39(18-22)29-33-16-21(17-34-29)37-11-9-36(10-12-37)20-6-8-38-19-25(35-28(38)13-20)23-14-24(31)27(42-3)15-26(23)41-2/h6,8,13-17,19,22H,4-5,7,9-12,18H2,1-3H3,(H,32,40). The summed E-state index contributed by atoms with van der Waals surface area (Å²) in [5, 5.41) is 3.01. The summed E-state index contributed by atoms with van der Waals surface area (Å²) in [6.07, 6.45) is 8.97. The Labute approximate surface area is 255 Å². The van der Waals surface area contributed by atoms with Crippen molar-refractivity contribution in [2.24, 2.45) is 0 Å². The lowest BCUT2D eigenvalue weighted by Crippen LogP contribution is -2.46. The van der Waals surface area contributed by atoms with Crippen molar-refractivity contribution >= 4 is 40.7 Å². The molecule has 1 aromatic carbocycles. The zero-order chi connectivity index (χ0) is 29.9. The average Bonchev–Trinajstić information content (AvgIpc) is 3.48. The summed E-state index contributed by atoms with van der Waals surface area (Å²) in [7, 11) is 4.77. The quantitative estimate of drug-likeness (QED) is 0.330. The highest BCUT2D eigenvalue weighted by atomic mass is 35.5. The highest BCUT2D eigenvalue weighted by Gasteiger charge is 2.25. The maximum Gasteiger partial charge on any atom is 0.407 e. The molecule has 4 aromatic rings. The summed E-state index contributed by atoms with van der Waals surface area (Å²) in [5.41, 5.74) is 4.53. The van der Waals surface area contributed by atoms with Crippen LogP contribution in [-0.4, -0.2) is 92.1 Å². The molecule has 0 aliphatic carbocycles. The highest BCUT2D eigenvalue weighted by molar-refractivity contribution is 6.32. The first-order valence-electron chi connectivity index (χ1n) is 14.3. The van der Waals surface area contributed by atoms with Crippen molar-refractivity contribution in [3.63, 3.8) is 0 Å². The van der Waals surface area contributed by atoms with Gasteiger partial charge < -0.3 is 38.6 Å². The molecule has 1 N–H and O–H groups in total. The smallest absolute Gasteiger partial charge is 0.407 e. The van der Waals surface area contributed by atoms with Crippen molar-refractivity contribution in [2.75, 3.05) is 75.2 Å². The van der Waals surface area contributed by atoms with E-state index in [4.69, 9.17) is 30.8 Å². The second kappa shape index (κ2) is 12.4. The number of ether oxygens (including phenoxy) is 3. The molecule has 1 atom stereocenters. The van der Waals surface area contributed by atoms with Crippen molar-refractivity contribution in [1.82, 2.24) is 24.7 Å². The fourth-order valence-electron chi connectivity index (χ4n) is 5.65. The van der Waals surface area contributed by atoms with Crippen molar-refractivity contribution < 1.29 is 19.0 Å². The number of fused-ring (bicyclic) bond motifs is 1. The molecular weight excluding hydrogens is 572 g/mol. The Morgan fingerprint density at radius 3 is 2.37 bits per heavy atom. The summed E-state index contributed by atoms with van der Waals surface area (Å²) < 4.78 is 18.4. The van der Waals surface area contributed by atoms with Crippen LogP contribution in [0.1, 0.15) is 12.8 Å². The third-order valence-corrected chi connectivity index (χ3v) is 8.26. The average molecular weight is 607 g/mol. The van der Waals surface area contributed by atoms with E-state index in [9.17, 15) is 4.79 Å². The molecule has 13 heteroatoms. The molecule has 2 aliphatic rings. The van der Waals surface area contributed by atoms with Crippen molar-refractivity contribution in [1.29, 1.82) is 0 Å². The number of piperazine rings is 1. The van der Waals surface area contributed by atoms with Gasteiger partial charge in [-0.05, 0) is 25.0 Å². The van der Waals surface area contributed by atoms with E-state index in [1.54, 1.807) is 27.3 Å². The molecule has 2 fully saturated rings. The van der Waals surface area contributed by atoms with E-state index >= 15 is 0 Å². The van der Waals surface area contributed by atoms with Crippen LogP contribution in [0.15, 0.2) is 49.1 Å². The van der Waals surface area contributed by atoms with Crippen LogP contribution in [0.4, 0.5) is 22.1 Å². The van der Waals surface area contributed by atoms with Gasteiger partial charge in [0.1, 0.15) is 23.3 Å². The number of halogens is 1. The van der Waals surface area contributed by atoms with Crippen LogP contribution >= 0.6 is 11.6 Å². The fraction of sp³-hybridized carbons (Fsp3) is 0.400. The van der Waals surface area contributed by atoms with E-state index in [1.165, 1.54) is 0 Å². The van der Waals surface area contributed by atoms with E-state index in [2.05, 4.69) is 42.1 Å². The Morgan fingerprint density at radius 1 is 0.953 bits per heavy atom. The summed E-state index contributed by atoms with van der Waals surface area (Å²) in [5.74, 6) is 1.86. The molecule has 226 valence electrons. The number of methoxy groups -OCH3 is 2. The number of benzene rings is 1. The number of pyridine rings is 1. The van der Waals surface area contributed by atoms with E-state index in [0.717, 1.165) is 73.8 Å². The molecule has 0 radical (unpaired) electrons. The van der Waals surface area contributed by atoms with Gasteiger partial charge in [-0.25, -0.2) is 19.7 Å². The molecule has 1 unspecified atom stereocenters. The van der Waals surface area contributed by atoms with Crippen LogP contribution in [0, 0.1) is 0 Å². The van der Waals surface area contributed by atoms with Gasteiger partial charge >= 0.3 is 6.09 Å². The predicted molar refractivity (Wildman–Crippen MR) is 166 cm³/mol. The van der Waals surface area contributed by atoms with Gasteiger partial charge in [-0.3, -0.25) is 0 Å². The largest absolute Gasteiger partial charge is 0.496 e. The van der Waals surface area contributed by atoms with Gasteiger partial charge in [-0.2, -0.15) is 0 Å². The minimum Gasteiger partial charge on any atom is -0.496 e. The molecule has 3 aromatic heterocycles. The van der Waals surface area contributed by atoms with E-state index in [0.29, 0.717) is 29.0 Å². The molecule has 12 nitrogen and oxygen atoms in total. The number of carbonyl (C=O) groups is 1. The van der Waals surface area contributed by atoms with Gasteiger partial charge in [-0.15, -0.1) is 0 Å². The SMILES string of the molecule is CNC(=O)OC1CCCN(c2ncc(N3CCN(c4ccn5cc(-c6cc(Cl)c(OC)cc6OC)nc5c4)CC3)cn2)C1. The van der Waals surface area contributed by atoms with Gasteiger partial charge in [0.2, 0.25) is 5.95 Å². The molecule has 5 heterocycles. The Hall–Kier alpha value is -4.45. The van der Waals surface area contributed by atoms with Gasteiger partial charge in [0.05, 0.1) is 49.6 Å². The summed E-state index contributed by atoms with van der Waals surface area (Å²) >= 11 is 6.41. The molecule has 43 heavy (non-hydrogen) atoms. The van der Waals surface area contributed by atoms with E-state index in [-0.39, 0.29) is 6.10 Å². The monoisotopic (exact) mass is 606 g/mol. The minimum atomic E-state index is -0.406. The maximum absolute atomic E-state index is 11.6. The molecule has 0 saturated carbocycles. The third kappa shape index (κ3) is 6.05. The zero-order valence-corrected chi connectivity index (χ0v) is 25.3. The van der Waals surface area contributed by atoms with Crippen LogP contribution < -0.4 is 29.5 Å². The first kappa shape index (κ1) is 28.7. The van der Waals surface area contributed by atoms with Crippen LogP contribution in [0.25, 0.3) is 16.9 Å². The number of nitrogens with zero attached hydrogens (tertiary/aromatic N) is 7. The number of imidazole rings is 1. The number of amides is 1. The number of piperidine rings is 1. The first-order chi connectivity index (χ1) is 20.9. The van der Waals surface area contributed by atoms with Crippen LogP contribution in [0.2, 0.25) is 5.02 Å². The molecule has 1 amide bonds. The van der Waals surface area contributed by atoms with Gasteiger partial charge in [-0.1, -0.05) is 11.6 Å². The number of hydrogen-bond donors (Lipinski definition) is 1. The van der Waals surface area contributed by atoms with Gasteiger partial charge in [0.25, 0.3) is 0 Å². The summed E-state index contributed by atoms with van der Waals surface area (Å²) in [4.78, 5) is 32.5. The van der Waals surface area contributed by atoms with Crippen LogP contribution in [0.5, 0.6) is 11.5 Å². The number of alkyl carbamates (subject to hydrolysis) is 1. The summed E-state index contributed by atoms with van der Waals surface area (Å²) in [6, 6.07) is 7.82. The summed E-state index contributed by atoms with van der Waals surface area (Å²) in [6.45, 7) is 4.85. The van der Waals surface area contributed by atoms with Crippen molar-refractivity contribution in [3.05, 3.63) is 54.1 Å². The van der Waals surface area contributed by atoms with E-state index in [1.807, 2.05) is 35.3 Å². The van der Waals surface area contributed by atoms with Crippen molar-refractivity contribution in [3.8, 4) is 22.8 Å². The first-order valence-corrected chi connectivity index (χ1v) is 14.7. The molecular formula is C30H35ClN8O4. The Bertz CT molecular complexity index is 1590. The zero-order valence-electron chi connectivity index (χ0n) is 24.5. The lowest BCUT2D eigenvalue weighted by atomic mass is 10.1. The second-order valence-corrected chi connectivity index (χ2v) is 11.0. The normalized spacial score (nSPS) is 17.2. The van der Waals surface area contributed by atoms with Gasteiger partial charge in [0.15, 0.2) is 0 Å². The molecule has 0 spiro atoms.